The van der Waals surface area contributed by atoms with E-state index in [0.717, 1.165) is 25.7 Å². The number of nitrogens with zero attached hydrogens (tertiary/aromatic N) is 4. The van der Waals surface area contributed by atoms with E-state index in [9.17, 15) is 28.8 Å². The quantitative estimate of drug-likeness (QED) is 0.0785. The van der Waals surface area contributed by atoms with Crippen LogP contribution in [0.4, 0.5) is 9.59 Å². The van der Waals surface area contributed by atoms with Crippen LogP contribution in [0.5, 0.6) is 11.5 Å². The Morgan fingerprint density at radius 2 is 0.909 bits per heavy atom. The van der Waals surface area contributed by atoms with Gasteiger partial charge in [0.25, 0.3) is 11.8 Å². The number of para-hydroxylation sites is 2. The summed E-state index contributed by atoms with van der Waals surface area (Å²) in [6.07, 6.45) is 11.7. The van der Waals surface area contributed by atoms with Gasteiger partial charge in [0, 0.05) is 109 Å². The summed E-state index contributed by atoms with van der Waals surface area (Å²) in [7, 11) is 3.17. The van der Waals surface area contributed by atoms with Crippen molar-refractivity contribution in [3.63, 3.8) is 0 Å². The van der Waals surface area contributed by atoms with Gasteiger partial charge < -0.3 is 39.7 Å². The highest BCUT2D eigenvalue weighted by Crippen LogP contribution is 2.50. The minimum atomic E-state index is -0.836. The molecule has 0 saturated carbocycles. The van der Waals surface area contributed by atoms with Crippen molar-refractivity contribution in [2.24, 2.45) is 0 Å². The topological polar surface area (TPSA) is 182 Å². The monoisotopic (exact) mass is 1140 g/mol. The van der Waals surface area contributed by atoms with Crippen molar-refractivity contribution in [1.82, 2.24) is 40.9 Å². The lowest BCUT2D eigenvalue weighted by Gasteiger charge is -2.43. The standard InChI is InChI=1S/C56H58Cl4N8O8S/c1-75-41-9-5-3-7-35(41)39-31-43(49(59)47(57)37(39)11-13-45(69)67-23-15-33(16-24-67)65-27-19-55(20-28-65)51(71)61-53(73)63-55)77-44-32-40(36-8-4-6-10-42(36)76-2)38(48(58)50(44)60)12-14-46(70)68-25-17-34(18-26-68)66-29-21-56(22-30-66)52(72)62-54(74)64-56/h3-14,31-34H,15-30H2,1-2H3,(H2,61,63,71,73)(H2,62,64,72,74)/b13-11+,14-12+. The first kappa shape index (κ1) is 54.6. The van der Waals surface area contributed by atoms with Gasteiger partial charge in [-0.05, 0) is 98.9 Å². The molecule has 16 nitrogen and oxygen atoms in total. The van der Waals surface area contributed by atoms with E-state index in [2.05, 4.69) is 31.1 Å². The predicted molar refractivity (Wildman–Crippen MR) is 299 cm³/mol. The van der Waals surface area contributed by atoms with Gasteiger partial charge in [-0.25, -0.2) is 9.59 Å². The molecule has 4 aromatic carbocycles. The number of imide groups is 2. The SMILES string of the molecule is COc1ccccc1-c1cc(Sc2cc(-c3ccccc3OC)c(/C=C/C(=O)N3CCC(N4CCC5(CC4)NC(=O)NC5=O)CC3)c(Cl)c2Cl)c(Cl)c(Cl)c1/C=C/C(=O)N1CCC(N2CCC3(CC2)NC(=O)NC3=O)CC1. The molecule has 404 valence electrons. The highest BCUT2D eigenvalue weighted by molar-refractivity contribution is 7.99. The highest BCUT2D eigenvalue weighted by atomic mass is 35.5. The zero-order valence-electron chi connectivity index (χ0n) is 42.5. The Bertz CT molecular complexity index is 2890. The second-order valence-corrected chi connectivity index (χ2v) is 22.9. The Balaban J connectivity index is 0.871. The van der Waals surface area contributed by atoms with Crippen LogP contribution in [0, 0.1) is 0 Å². The van der Waals surface area contributed by atoms with Crippen molar-refractivity contribution in [3.05, 3.63) is 104 Å². The van der Waals surface area contributed by atoms with Crippen molar-refractivity contribution in [3.8, 4) is 33.8 Å². The van der Waals surface area contributed by atoms with E-state index in [1.165, 1.54) is 23.9 Å². The third-order valence-electron chi connectivity index (χ3n) is 16.1. The molecule has 6 aliphatic heterocycles. The van der Waals surface area contributed by atoms with E-state index in [-0.39, 0.29) is 55.8 Å². The first-order valence-corrected chi connectivity index (χ1v) is 28.1. The molecule has 0 unspecified atom stereocenters. The Kier molecular flexibility index (Phi) is 16.2. The minimum Gasteiger partial charge on any atom is -0.496 e. The maximum atomic E-state index is 13.9. The van der Waals surface area contributed by atoms with E-state index in [1.807, 2.05) is 70.5 Å². The van der Waals surface area contributed by atoms with E-state index in [0.29, 0.717) is 133 Å². The molecule has 6 heterocycles. The maximum Gasteiger partial charge on any atom is 0.322 e. The number of piperidine rings is 4. The van der Waals surface area contributed by atoms with Gasteiger partial charge in [0.15, 0.2) is 0 Å². The third kappa shape index (κ3) is 11.0. The van der Waals surface area contributed by atoms with Crippen LogP contribution in [0.2, 0.25) is 20.1 Å². The largest absolute Gasteiger partial charge is 0.496 e. The molecule has 0 atom stereocenters. The van der Waals surface area contributed by atoms with Crippen molar-refractivity contribution < 1.29 is 38.2 Å². The number of urea groups is 2. The number of hydrogen-bond acceptors (Lipinski definition) is 11. The summed E-state index contributed by atoms with van der Waals surface area (Å²) in [5, 5.41) is 11.3. The number of hydrogen-bond donors (Lipinski definition) is 4. The summed E-state index contributed by atoms with van der Waals surface area (Å²) in [4.78, 5) is 86.0. The summed E-state index contributed by atoms with van der Waals surface area (Å²) in [5.41, 5.74) is 2.10. The van der Waals surface area contributed by atoms with Gasteiger partial charge in [0.1, 0.15) is 22.6 Å². The number of likely N-dealkylation sites (tertiary alicyclic amines) is 4. The number of benzene rings is 4. The van der Waals surface area contributed by atoms with Crippen LogP contribution in [-0.2, 0) is 19.2 Å². The summed E-state index contributed by atoms with van der Waals surface area (Å²) in [6.45, 7) is 4.92. The van der Waals surface area contributed by atoms with Gasteiger partial charge in [0.2, 0.25) is 11.8 Å². The van der Waals surface area contributed by atoms with Crippen LogP contribution in [0.25, 0.3) is 34.4 Å². The van der Waals surface area contributed by atoms with E-state index >= 15 is 0 Å². The summed E-state index contributed by atoms with van der Waals surface area (Å²) in [6, 6.07) is 18.4. The molecule has 6 aliphatic rings. The molecule has 6 fully saturated rings. The number of methoxy groups -OCH3 is 2. The average Bonchev–Trinajstić information content (AvgIpc) is 3.92. The molecule has 2 spiro atoms. The van der Waals surface area contributed by atoms with Crippen molar-refractivity contribution in [2.45, 2.75) is 84.3 Å². The Morgan fingerprint density at radius 1 is 0.545 bits per heavy atom. The number of ether oxygens (including phenoxy) is 2. The number of carbonyl (C=O) groups excluding carboxylic acids is 6. The Hall–Kier alpha value is -5.79. The molecule has 10 rings (SSSR count). The molecule has 4 N–H and O–H groups in total. The zero-order valence-corrected chi connectivity index (χ0v) is 46.4. The lowest BCUT2D eigenvalue weighted by Crippen LogP contribution is -2.57. The van der Waals surface area contributed by atoms with Crippen LogP contribution in [0.3, 0.4) is 0 Å². The number of nitrogens with one attached hydrogen (secondary N) is 4. The average molecular weight is 1150 g/mol. The van der Waals surface area contributed by atoms with Crippen LogP contribution in [0.1, 0.15) is 62.5 Å². The van der Waals surface area contributed by atoms with Crippen LogP contribution in [-0.4, -0.2) is 145 Å². The van der Waals surface area contributed by atoms with Crippen LogP contribution < -0.4 is 30.7 Å². The van der Waals surface area contributed by atoms with Crippen molar-refractivity contribution in [1.29, 1.82) is 0 Å². The number of rotatable bonds is 12. The first-order valence-electron chi connectivity index (χ1n) is 25.8. The lowest BCUT2D eigenvalue weighted by atomic mass is 9.86. The second-order valence-electron chi connectivity index (χ2n) is 20.3. The zero-order chi connectivity index (χ0) is 54.2. The highest BCUT2D eigenvalue weighted by Gasteiger charge is 2.50. The first-order chi connectivity index (χ1) is 37.1. The van der Waals surface area contributed by atoms with Gasteiger partial charge in [-0.2, -0.15) is 0 Å². The molecule has 0 aromatic heterocycles. The van der Waals surface area contributed by atoms with Gasteiger partial charge in [-0.15, -0.1) is 0 Å². The van der Waals surface area contributed by atoms with Crippen molar-refractivity contribution >= 4 is 106 Å². The molecule has 0 bridgehead atoms. The smallest absolute Gasteiger partial charge is 0.322 e. The lowest BCUT2D eigenvalue weighted by molar-refractivity contribution is -0.129. The summed E-state index contributed by atoms with van der Waals surface area (Å²) < 4.78 is 11.7. The van der Waals surface area contributed by atoms with E-state index in [4.69, 9.17) is 55.9 Å². The number of carbonyl (C=O) groups is 6. The van der Waals surface area contributed by atoms with E-state index in [1.54, 1.807) is 26.4 Å². The predicted octanol–water partition coefficient (Wildman–Crippen LogP) is 9.16. The molecule has 0 aliphatic carbocycles. The molecule has 21 heteroatoms. The fourth-order valence-corrected chi connectivity index (χ4v) is 13.9. The van der Waals surface area contributed by atoms with Gasteiger partial charge in [-0.1, -0.05) is 94.6 Å². The van der Waals surface area contributed by atoms with Crippen LogP contribution >= 0.6 is 58.2 Å². The van der Waals surface area contributed by atoms with Gasteiger partial charge in [-0.3, -0.25) is 29.8 Å². The number of amides is 8. The fraction of sp³-hybridized carbons (Fsp3) is 0.393. The number of halogens is 4. The fourth-order valence-electron chi connectivity index (χ4n) is 11.7. The molecule has 77 heavy (non-hydrogen) atoms. The molecule has 8 amide bonds. The van der Waals surface area contributed by atoms with Crippen LogP contribution in [0.15, 0.2) is 82.6 Å². The molecule has 6 saturated heterocycles. The van der Waals surface area contributed by atoms with Crippen molar-refractivity contribution in [2.75, 3.05) is 66.6 Å². The maximum absolute atomic E-state index is 13.9. The third-order valence-corrected chi connectivity index (χ3v) is 19.2. The van der Waals surface area contributed by atoms with E-state index < -0.39 is 23.1 Å². The molecule has 4 aromatic rings. The summed E-state index contributed by atoms with van der Waals surface area (Å²) in [5.74, 6) is 0.299. The molecular formula is C56H58Cl4N8O8S. The Morgan fingerprint density at radius 3 is 1.25 bits per heavy atom. The molecular weight excluding hydrogens is 1090 g/mol. The normalized spacial score (nSPS) is 20.3. The summed E-state index contributed by atoms with van der Waals surface area (Å²) >= 11 is 30.2. The molecule has 0 radical (unpaired) electrons. The van der Waals surface area contributed by atoms with Gasteiger partial charge in [0.05, 0.1) is 34.3 Å². The van der Waals surface area contributed by atoms with Gasteiger partial charge >= 0.3 is 12.1 Å². The minimum absolute atomic E-state index is 0.170. The second kappa shape index (κ2) is 22.9. The Labute approximate surface area is 471 Å².